The lowest BCUT2D eigenvalue weighted by molar-refractivity contribution is 0.442. The molecule has 1 aliphatic carbocycles. The SMILES string of the molecule is BC1=C(B)C2C(=C1B)Oc1c(B)c(-n3c4cc5ccccc5cc4c4cc5ccccc5cc43)c(B)c(-c3c(B)c(B)c(-c4cc(-c5c(B)c(B)c(B)c(B)c5B)nc(-c5c(B)c(B)c(B)c(B)c5B)n4)c(B)c3B)c12. The van der Waals surface area contributed by atoms with Crippen molar-refractivity contribution in [1.29, 1.82) is 0 Å². The van der Waals surface area contributed by atoms with Gasteiger partial charge in [-0.15, -0.1) is 43.7 Å². The molecule has 0 saturated carbocycles. The van der Waals surface area contributed by atoms with Crippen molar-refractivity contribution in [3.63, 3.8) is 0 Å². The number of hydrogen-bond acceptors (Lipinski definition) is 3. The van der Waals surface area contributed by atoms with Gasteiger partial charge in [-0.1, -0.05) is 103 Å². The highest BCUT2D eigenvalue weighted by molar-refractivity contribution is 6.70. The molecule has 0 fully saturated rings. The van der Waals surface area contributed by atoms with Crippen LogP contribution in [-0.4, -0.2) is 164 Å². The molecular formula is C53H52B19N3O. The Hall–Kier alpha value is -6.33. The van der Waals surface area contributed by atoms with Gasteiger partial charge in [-0.2, -0.15) is 0 Å². The summed E-state index contributed by atoms with van der Waals surface area (Å²) in [5.41, 5.74) is 37.2. The minimum Gasteiger partial charge on any atom is -0.462 e. The molecule has 342 valence electrons. The van der Waals surface area contributed by atoms with Crippen LogP contribution < -0.4 is 92.1 Å². The number of nitrogens with zero attached hydrogens (tertiary/aromatic N) is 3. The Morgan fingerprint density at radius 2 is 0.750 bits per heavy atom. The summed E-state index contributed by atoms with van der Waals surface area (Å²) in [5, 5.41) is 7.43. The molecule has 1 unspecified atom stereocenters. The summed E-state index contributed by atoms with van der Waals surface area (Å²) in [6, 6.07) is 29.5. The maximum absolute atomic E-state index is 7.37. The minimum atomic E-state index is 0.0364. The third-order valence-electron chi connectivity index (χ3n) is 19.7. The molecule has 3 heterocycles. The number of aromatic nitrogens is 3. The van der Waals surface area contributed by atoms with E-state index in [4.69, 9.17) is 14.7 Å². The largest absolute Gasteiger partial charge is 0.462 e. The number of fused-ring (bicyclic) bond motifs is 8. The van der Waals surface area contributed by atoms with E-state index in [2.05, 4.69) is 233 Å². The van der Waals surface area contributed by atoms with Gasteiger partial charge in [0.2, 0.25) is 0 Å². The number of ether oxygens (including phenoxy) is 1. The lowest BCUT2D eigenvalue weighted by Crippen LogP contribution is -2.55. The highest BCUT2D eigenvalue weighted by atomic mass is 16.5. The number of hydrogen-bond donors (Lipinski definition) is 0. The lowest BCUT2D eigenvalue weighted by Gasteiger charge is -2.29. The average molecular weight is 952 g/mol. The van der Waals surface area contributed by atoms with Crippen LogP contribution in [-0.2, 0) is 0 Å². The molecule has 10 aromatic rings. The van der Waals surface area contributed by atoms with Gasteiger partial charge >= 0.3 is 0 Å². The number of rotatable bonds is 5. The van der Waals surface area contributed by atoms with E-state index in [1.165, 1.54) is 175 Å². The van der Waals surface area contributed by atoms with E-state index in [1.54, 1.807) is 0 Å². The zero-order valence-electron chi connectivity index (χ0n) is 48.3. The van der Waals surface area contributed by atoms with E-state index in [0.29, 0.717) is 0 Å². The van der Waals surface area contributed by atoms with Crippen LogP contribution in [0.2, 0.25) is 0 Å². The Balaban J connectivity index is 1.18. The summed E-state index contributed by atoms with van der Waals surface area (Å²) in [6.07, 6.45) is 0. The lowest BCUT2D eigenvalue weighted by atomic mass is 9.59. The first-order valence-corrected chi connectivity index (χ1v) is 27.4. The highest BCUT2D eigenvalue weighted by Crippen LogP contribution is 2.53. The van der Waals surface area contributed by atoms with Crippen LogP contribution in [0.5, 0.6) is 5.75 Å². The molecule has 23 heteroatoms. The van der Waals surface area contributed by atoms with E-state index >= 15 is 0 Å². The highest BCUT2D eigenvalue weighted by Gasteiger charge is 2.42. The van der Waals surface area contributed by atoms with Crippen molar-refractivity contribution in [3.8, 4) is 56.5 Å². The molecule has 0 saturated heterocycles. The maximum atomic E-state index is 7.37. The van der Waals surface area contributed by atoms with Crippen molar-refractivity contribution in [2.45, 2.75) is 5.92 Å². The predicted octanol–water partition coefficient (Wildman–Crippen LogP) is -17.5. The Labute approximate surface area is 465 Å². The van der Waals surface area contributed by atoms with E-state index in [1.807, 2.05) is 0 Å². The van der Waals surface area contributed by atoms with E-state index < -0.39 is 0 Å². The van der Waals surface area contributed by atoms with Gasteiger partial charge in [0.05, 0.1) is 28.3 Å². The molecule has 2 aliphatic rings. The quantitative estimate of drug-likeness (QED) is 0.161. The molecule has 1 aliphatic heterocycles. The molecule has 0 bridgehead atoms. The first-order chi connectivity index (χ1) is 36.1. The fourth-order valence-corrected chi connectivity index (χ4v) is 14.0. The van der Waals surface area contributed by atoms with Gasteiger partial charge in [-0.3, -0.25) is 0 Å². The van der Waals surface area contributed by atoms with Crippen LogP contribution in [0.1, 0.15) is 11.5 Å². The third-order valence-corrected chi connectivity index (χ3v) is 19.7. The summed E-state index contributed by atoms with van der Waals surface area (Å²) in [7, 11) is 43.5. The first kappa shape index (κ1) is 50.5. The van der Waals surface area contributed by atoms with Gasteiger partial charge in [0.25, 0.3) is 0 Å². The van der Waals surface area contributed by atoms with Gasteiger partial charge < -0.3 is 9.30 Å². The average Bonchev–Trinajstić information content (AvgIpc) is 4.21. The number of benzene rings is 8. The molecule has 0 radical (unpaired) electrons. The van der Waals surface area contributed by atoms with Crippen LogP contribution in [0, 0.1) is 0 Å². The van der Waals surface area contributed by atoms with Crippen molar-refractivity contribution >= 4 is 280 Å². The van der Waals surface area contributed by atoms with Crippen LogP contribution in [0.15, 0.2) is 101 Å². The minimum absolute atomic E-state index is 0.0364. The van der Waals surface area contributed by atoms with Crippen molar-refractivity contribution in [1.82, 2.24) is 14.5 Å². The topological polar surface area (TPSA) is 39.9 Å². The molecule has 0 amide bonds. The Morgan fingerprint density at radius 3 is 1.20 bits per heavy atom. The van der Waals surface area contributed by atoms with Gasteiger partial charge in [0.1, 0.15) is 161 Å². The normalized spacial score (nSPS) is 14.1. The summed E-state index contributed by atoms with van der Waals surface area (Å²) in [4.78, 5) is 11.3. The number of allylic oxidation sites excluding steroid dienone is 3. The van der Waals surface area contributed by atoms with Crippen LogP contribution in [0.25, 0.3) is 94.1 Å². The Morgan fingerprint density at radius 1 is 0.368 bits per heavy atom. The zero-order valence-corrected chi connectivity index (χ0v) is 48.3. The molecule has 0 N–H and O–H groups in total. The maximum Gasteiger partial charge on any atom is 0.159 e. The first-order valence-electron chi connectivity index (χ1n) is 27.4. The molecule has 0 spiro atoms. The summed E-state index contributed by atoms with van der Waals surface area (Å²) >= 11 is 0. The smallest absolute Gasteiger partial charge is 0.159 e. The standard InChI is InChI=1S/C53H52B19N3O/c54-31-24(20-13-21(25-33(56)41(64)46(69)42(65)34(25)57)74-53(73-20)30-38(61)43(66)47(70)44(67)39(30)62)32(55)36(59)28(35(31)58)26-27-29-37(60)45(68)48(71)52(29)76-51(27)49(72)50(40(26)63)75-22-11-16-7-3-1-5-14(16)9-18(22)19-10-15-6-2-4-8-17(15)12-23(19)75/h1-13,29H,54-72H2. The van der Waals surface area contributed by atoms with Gasteiger partial charge in [0.15, 0.2) is 5.82 Å². The molecular weight excluding hydrogens is 900 g/mol. The fraction of sp³-hybridized carbons (Fsp3) is 0.0189. The second-order valence-corrected chi connectivity index (χ2v) is 23.0. The Kier molecular flexibility index (Phi) is 11.9. The molecule has 4 nitrogen and oxygen atoms in total. The van der Waals surface area contributed by atoms with Crippen molar-refractivity contribution in [2.24, 2.45) is 0 Å². The second-order valence-electron chi connectivity index (χ2n) is 23.0. The van der Waals surface area contributed by atoms with Crippen LogP contribution in [0.4, 0.5) is 0 Å². The Bertz CT molecular complexity index is 4180. The van der Waals surface area contributed by atoms with E-state index in [-0.39, 0.29) is 5.92 Å². The molecule has 1 atom stereocenters. The summed E-state index contributed by atoms with van der Waals surface area (Å²) in [6.45, 7) is 0. The second kappa shape index (κ2) is 17.9. The molecule has 8 aromatic carbocycles. The fourth-order valence-electron chi connectivity index (χ4n) is 14.0. The van der Waals surface area contributed by atoms with Crippen molar-refractivity contribution < 1.29 is 4.74 Å². The predicted molar refractivity (Wildman–Crippen MR) is 387 cm³/mol. The van der Waals surface area contributed by atoms with E-state index in [9.17, 15) is 0 Å². The van der Waals surface area contributed by atoms with Crippen LogP contribution in [0.3, 0.4) is 0 Å². The van der Waals surface area contributed by atoms with Gasteiger partial charge in [-0.05, 0) is 79.6 Å². The van der Waals surface area contributed by atoms with Gasteiger partial charge in [0, 0.05) is 27.6 Å². The van der Waals surface area contributed by atoms with Crippen molar-refractivity contribution in [3.05, 3.63) is 107 Å². The third kappa shape index (κ3) is 6.98. The van der Waals surface area contributed by atoms with Gasteiger partial charge in [-0.25, -0.2) is 9.97 Å². The summed E-state index contributed by atoms with van der Waals surface area (Å²) in [5.74, 6) is 2.89. The summed E-state index contributed by atoms with van der Waals surface area (Å²) < 4.78 is 9.95. The van der Waals surface area contributed by atoms with E-state index in [0.717, 1.165) is 39.7 Å². The van der Waals surface area contributed by atoms with Crippen LogP contribution >= 0.6 is 0 Å². The molecule has 12 rings (SSSR count). The monoisotopic (exact) mass is 956 g/mol. The van der Waals surface area contributed by atoms with Crippen molar-refractivity contribution in [2.75, 3.05) is 0 Å². The molecule has 76 heavy (non-hydrogen) atoms. The zero-order chi connectivity index (χ0) is 54.0. The molecule has 2 aromatic heterocycles.